The SMILES string of the molecule is O=C(c1cc(NCc2ccncc2)ncn1)N1CCOCC1. The van der Waals surface area contributed by atoms with Crippen molar-refractivity contribution in [3.05, 3.63) is 48.2 Å². The first-order valence-electron chi connectivity index (χ1n) is 7.15. The summed E-state index contributed by atoms with van der Waals surface area (Å²) in [5, 5.41) is 3.18. The van der Waals surface area contributed by atoms with E-state index in [9.17, 15) is 4.79 Å². The van der Waals surface area contributed by atoms with E-state index in [2.05, 4.69) is 20.3 Å². The van der Waals surface area contributed by atoms with E-state index in [1.807, 2.05) is 12.1 Å². The van der Waals surface area contributed by atoms with Crippen LogP contribution in [0.25, 0.3) is 0 Å². The third-order valence-corrected chi connectivity index (χ3v) is 3.41. The van der Waals surface area contributed by atoms with E-state index < -0.39 is 0 Å². The summed E-state index contributed by atoms with van der Waals surface area (Å²) in [4.78, 5) is 26.3. The molecule has 7 heteroatoms. The molecule has 114 valence electrons. The van der Waals surface area contributed by atoms with Crippen molar-refractivity contribution >= 4 is 11.7 Å². The van der Waals surface area contributed by atoms with Gasteiger partial charge in [0.25, 0.3) is 5.91 Å². The van der Waals surface area contributed by atoms with Crippen molar-refractivity contribution in [3.8, 4) is 0 Å². The third-order valence-electron chi connectivity index (χ3n) is 3.41. The fourth-order valence-electron chi connectivity index (χ4n) is 2.19. The molecule has 7 nitrogen and oxygen atoms in total. The normalized spacial score (nSPS) is 14.6. The molecule has 0 aromatic carbocycles. The molecule has 0 radical (unpaired) electrons. The smallest absolute Gasteiger partial charge is 0.272 e. The van der Waals surface area contributed by atoms with Gasteiger partial charge in [0.15, 0.2) is 0 Å². The van der Waals surface area contributed by atoms with Gasteiger partial charge in [0.2, 0.25) is 0 Å². The van der Waals surface area contributed by atoms with Crippen LogP contribution in [0.3, 0.4) is 0 Å². The van der Waals surface area contributed by atoms with Crippen LogP contribution in [0.15, 0.2) is 36.9 Å². The van der Waals surface area contributed by atoms with E-state index in [1.165, 1.54) is 6.33 Å². The van der Waals surface area contributed by atoms with Gasteiger partial charge in [-0.25, -0.2) is 9.97 Å². The lowest BCUT2D eigenvalue weighted by molar-refractivity contribution is 0.0299. The molecule has 0 aliphatic carbocycles. The Balaban J connectivity index is 1.65. The minimum Gasteiger partial charge on any atom is -0.378 e. The number of nitrogens with zero attached hydrogens (tertiary/aromatic N) is 4. The van der Waals surface area contributed by atoms with Crippen LogP contribution in [-0.4, -0.2) is 52.1 Å². The molecule has 1 aliphatic rings. The Morgan fingerprint density at radius 2 is 2.00 bits per heavy atom. The summed E-state index contributed by atoms with van der Waals surface area (Å²) in [6.07, 6.45) is 4.89. The highest BCUT2D eigenvalue weighted by Crippen LogP contribution is 2.10. The predicted molar refractivity (Wildman–Crippen MR) is 80.3 cm³/mol. The van der Waals surface area contributed by atoms with E-state index in [1.54, 1.807) is 23.4 Å². The zero-order chi connectivity index (χ0) is 15.2. The minimum absolute atomic E-state index is 0.0855. The number of carbonyl (C=O) groups excluding carboxylic acids is 1. The first kappa shape index (κ1) is 14.4. The standard InChI is InChI=1S/C15H17N5O2/c21-15(20-5-7-22-8-6-20)13-9-14(19-11-18-13)17-10-12-1-3-16-4-2-12/h1-4,9,11H,5-8,10H2,(H,17,18,19). The number of aromatic nitrogens is 3. The molecule has 0 unspecified atom stereocenters. The van der Waals surface area contributed by atoms with Crippen molar-refractivity contribution in [1.29, 1.82) is 0 Å². The van der Waals surface area contributed by atoms with Gasteiger partial charge < -0.3 is 15.0 Å². The number of rotatable bonds is 4. The monoisotopic (exact) mass is 299 g/mol. The molecule has 3 heterocycles. The Kier molecular flexibility index (Phi) is 4.55. The van der Waals surface area contributed by atoms with Gasteiger partial charge in [-0.3, -0.25) is 9.78 Å². The van der Waals surface area contributed by atoms with E-state index in [4.69, 9.17) is 4.74 Å². The Bertz CT molecular complexity index is 629. The number of hydrogen-bond donors (Lipinski definition) is 1. The molecule has 2 aromatic rings. The summed E-state index contributed by atoms with van der Waals surface area (Å²) in [6.45, 7) is 2.96. The maximum Gasteiger partial charge on any atom is 0.272 e. The molecule has 0 atom stereocenters. The van der Waals surface area contributed by atoms with E-state index in [-0.39, 0.29) is 5.91 Å². The van der Waals surface area contributed by atoms with Gasteiger partial charge in [0, 0.05) is 38.1 Å². The number of carbonyl (C=O) groups is 1. The fourth-order valence-corrected chi connectivity index (χ4v) is 2.19. The first-order valence-corrected chi connectivity index (χ1v) is 7.15. The van der Waals surface area contributed by atoms with Crippen molar-refractivity contribution in [3.63, 3.8) is 0 Å². The fraction of sp³-hybridized carbons (Fsp3) is 0.333. The summed E-state index contributed by atoms with van der Waals surface area (Å²) in [5.74, 6) is 0.543. The number of pyridine rings is 1. The number of nitrogens with one attached hydrogen (secondary N) is 1. The lowest BCUT2D eigenvalue weighted by atomic mass is 10.2. The maximum atomic E-state index is 12.4. The van der Waals surface area contributed by atoms with E-state index in [0.717, 1.165) is 5.56 Å². The van der Waals surface area contributed by atoms with Gasteiger partial charge in [-0.2, -0.15) is 0 Å². The Morgan fingerprint density at radius 1 is 1.23 bits per heavy atom. The number of morpholine rings is 1. The number of amides is 1. The molecule has 1 amide bonds. The average Bonchev–Trinajstić information content (AvgIpc) is 2.61. The van der Waals surface area contributed by atoms with Gasteiger partial charge in [-0.05, 0) is 17.7 Å². The molecule has 1 saturated heterocycles. The summed E-state index contributed by atoms with van der Waals surface area (Å²) < 4.78 is 5.25. The second-order valence-corrected chi connectivity index (χ2v) is 4.90. The van der Waals surface area contributed by atoms with Gasteiger partial charge >= 0.3 is 0 Å². The van der Waals surface area contributed by atoms with Crippen LogP contribution < -0.4 is 5.32 Å². The molecule has 0 bridgehead atoms. The zero-order valence-corrected chi connectivity index (χ0v) is 12.1. The molecule has 22 heavy (non-hydrogen) atoms. The molecule has 0 saturated carbocycles. The van der Waals surface area contributed by atoms with Crippen molar-refractivity contribution in [2.45, 2.75) is 6.54 Å². The highest BCUT2D eigenvalue weighted by molar-refractivity contribution is 5.92. The predicted octanol–water partition coefficient (Wildman–Crippen LogP) is 0.956. The van der Waals surface area contributed by atoms with Crippen molar-refractivity contribution in [2.24, 2.45) is 0 Å². The lowest BCUT2D eigenvalue weighted by Crippen LogP contribution is -2.41. The molecular weight excluding hydrogens is 282 g/mol. The van der Waals surface area contributed by atoms with Crippen molar-refractivity contribution in [1.82, 2.24) is 19.9 Å². The molecular formula is C15H17N5O2. The topological polar surface area (TPSA) is 80.2 Å². The Morgan fingerprint density at radius 3 is 2.77 bits per heavy atom. The van der Waals surface area contributed by atoms with Crippen molar-refractivity contribution in [2.75, 3.05) is 31.6 Å². The van der Waals surface area contributed by atoms with Gasteiger partial charge in [-0.15, -0.1) is 0 Å². The highest BCUT2D eigenvalue weighted by atomic mass is 16.5. The maximum absolute atomic E-state index is 12.4. The number of hydrogen-bond acceptors (Lipinski definition) is 6. The molecule has 2 aromatic heterocycles. The highest BCUT2D eigenvalue weighted by Gasteiger charge is 2.19. The first-order chi connectivity index (χ1) is 10.8. The van der Waals surface area contributed by atoms with Crippen LogP contribution in [0, 0.1) is 0 Å². The van der Waals surface area contributed by atoms with Crippen LogP contribution in [0.2, 0.25) is 0 Å². The second kappa shape index (κ2) is 6.95. The van der Waals surface area contributed by atoms with Gasteiger partial charge in [-0.1, -0.05) is 0 Å². The summed E-state index contributed by atoms with van der Waals surface area (Å²) in [6, 6.07) is 5.53. The van der Waals surface area contributed by atoms with Crippen molar-refractivity contribution < 1.29 is 9.53 Å². The van der Waals surface area contributed by atoms with Gasteiger partial charge in [0.05, 0.1) is 13.2 Å². The molecule has 1 aliphatic heterocycles. The zero-order valence-electron chi connectivity index (χ0n) is 12.1. The van der Waals surface area contributed by atoms with Crippen LogP contribution in [0.4, 0.5) is 5.82 Å². The van der Waals surface area contributed by atoms with E-state index in [0.29, 0.717) is 44.4 Å². The minimum atomic E-state index is -0.0855. The van der Waals surface area contributed by atoms with E-state index >= 15 is 0 Å². The Labute approximate surface area is 128 Å². The van der Waals surface area contributed by atoms with Crippen LogP contribution in [-0.2, 0) is 11.3 Å². The van der Waals surface area contributed by atoms with Gasteiger partial charge in [0.1, 0.15) is 17.8 Å². The molecule has 1 N–H and O–H groups in total. The molecule has 0 spiro atoms. The van der Waals surface area contributed by atoms with Crippen LogP contribution >= 0.6 is 0 Å². The third kappa shape index (κ3) is 3.56. The largest absolute Gasteiger partial charge is 0.378 e. The summed E-state index contributed by atoms with van der Waals surface area (Å²) >= 11 is 0. The quantitative estimate of drug-likeness (QED) is 0.905. The molecule has 1 fully saturated rings. The molecule has 3 rings (SSSR count). The lowest BCUT2D eigenvalue weighted by Gasteiger charge is -2.26. The number of ether oxygens (including phenoxy) is 1. The summed E-state index contributed by atoms with van der Waals surface area (Å²) in [7, 11) is 0. The van der Waals surface area contributed by atoms with Crippen LogP contribution in [0.5, 0.6) is 0 Å². The Hall–Kier alpha value is -2.54. The number of anilines is 1. The summed E-state index contributed by atoms with van der Waals surface area (Å²) in [5.41, 5.74) is 1.49. The average molecular weight is 299 g/mol. The second-order valence-electron chi connectivity index (χ2n) is 4.90. The van der Waals surface area contributed by atoms with Crippen LogP contribution in [0.1, 0.15) is 16.1 Å².